The number of carbonyl (C=O) groups excluding carboxylic acids is 1. The average Bonchev–Trinajstić information content (AvgIpc) is 2.94. The fourth-order valence-corrected chi connectivity index (χ4v) is 3.07. The summed E-state index contributed by atoms with van der Waals surface area (Å²) in [5.74, 6) is -3.16. The summed E-state index contributed by atoms with van der Waals surface area (Å²) in [4.78, 5) is 14.3. The van der Waals surface area contributed by atoms with Crippen LogP contribution in [0, 0.1) is 0 Å². The maximum absolute atomic E-state index is 13.1. The Labute approximate surface area is 164 Å². The van der Waals surface area contributed by atoms with Crippen LogP contribution in [0.3, 0.4) is 0 Å². The van der Waals surface area contributed by atoms with Crippen LogP contribution >= 0.6 is 24.8 Å². The molecular formula is C17H25Cl2F2N3O2. The molecule has 9 heteroatoms. The van der Waals surface area contributed by atoms with E-state index in [0.29, 0.717) is 6.54 Å². The molecule has 2 saturated heterocycles. The van der Waals surface area contributed by atoms with Crippen molar-refractivity contribution in [2.45, 2.75) is 31.5 Å². The van der Waals surface area contributed by atoms with E-state index in [-0.39, 0.29) is 30.7 Å². The second-order valence-electron chi connectivity index (χ2n) is 6.42. The third kappa shape index (κ3) is 6.63. The molecule has 1 amide bonds. The Morgan fingerprint density at radius 2 is 1.96 bits per heavy atom. The number of nitrogens with one attached hydrogen (secondary N) is 2. The van der Waals surface area contributed by atoms with Gasteiger partial charge in [-0.25, -0.2) is 8.78 Å². The molecule has 3 rings (SSSR count). The van der Waals surface area contributed by atoms with Crippen LogP contribution in [-0.4, -0.2) is 55.6 Å². The van der Waals surface area contributed by atoms with Gasteiger partial charge in [-0.05, 0) is 11.1 Å². The van der Waals surface area contributed by atoms with Crippen LogP contribution in [-0.2, 0) is 22.6 Å². The molecule has 0 saturated carbocycles. The molecule has 2 N–H and O–H groups in total. The van der Waals surface area contributed by atoms with Gasteiger partial charge in [0.25, 0.3) is 5.92 Å². The molecule has 2 heterocycles. The van der Waals surface area contributed by atoms with E-state index in [0.717, 1.165) is 38.4 Å². The van der Waals surface area contributed by atoms with E-state index in [9.17, 15) is 13.6 Å². The smallest absolute Gasteiger partial charge is 0.262 e. The molecule has 1 aromatic rings. The summed E-state index contributed by atoms with van der Waals surface area (Å²) in [7, 11) is 0. The number of rotatable bonds is 5. The first-order valence-electron chi connectivity index (χ1n) is 8.29. The quantitative estimate of drug-likeness (QED) is 0.777. The number of benzene rings is 1. The molecule has 1 unspecified atom stereocenters. The number of alkyl halides is 2. The summed E-state index contributed by atoms with van der Waals surface area (Å²) in [6.07, 6.45) is -0.435. The first-order chi connectivity index (χ1) is 11.5. The number of morpholine rings is 1. The second kappa shape index (κ2) is 10.4. The zero-order valence-corrected chi connectivity index (χ0v) is 16.0. The van der Waals surface area contributed by atoms with Crippen molar-refractivity contribution in [2.24, 2.45) is 0 Å². The standard InChI is InChI=1S/C17H23F2N3O2.2ClH/c18-17(19)9-15(21-12-17)16(23)20-10-13-2-1-3-14(8-13)11-22-4-6-24-7-5-22;;/h1-3,8,15,21H,4-7,9-12H2,(H,20,23);2*1H. The minimum atomic E-state index is -2.79. The van der Waals surface area contributed by atoms with Crippen LogP contribution in [0.2, 0.25) is 0 Å². The highest BCUT2D eigenvalue weighted by Crippen LogP contribution is 2.25. The predicted octanol–water partition coefficient (Wildman–Crippen LogP) is 1.98. The summed E-state index contributed by atoms with van der Waals surface area (Å²) in [6.45, 7) is 4.12. The Balaban J connectivity index is 0.00000169. The molecule has 0 aromatic heterocycles. The van der Waals surface area contributed by atoms with E-state index >= 15 is 0 Å². The van der Waals surface area contributed by atoms with Crippen LogP contribution in [0.15, 0.2) is 24.3 Å². The first-order valence-corrected chi connectivity index (χ1v) is 8.29. The first kappa shape index (κ1) is 23.0. The molecule has 2 aliphatic heterocycles. The van der Waals surface area contributed by atoms with Gasteiger partial charge in [-0.2, -0.15) is 0 Å². The third-order valence-corrected chi connectivity index (χ3v) is 4.39. The molecule has 0 aliphatic carbocycles. The Morgan fingerprint density at radius 1 is 1.27 bits per heavy atom. The maximum Gasteiger partial charge on any atom is 0.262 e. The van der Waals surface area contributed by atoms with Crippen LogP contribution in [0.1, 0.15) is 17.5 Å². The maximum atomic E-state index is 13.1. The molecule has 0 bridgehead atoms. The van der Waals surface area contributed by atoms with Crippen molar-refractivity contribution < 1.29 is 18.3 Å². The van der Waals surface area contributed by atoms with Gasteiger partial charge in [0.2, 0.25) is 5.91 Å². The Hall–Kier alpha value is -0.990. The minimum absolute atomic E-state index is 0. The zero-order chi connectivity index (χ0) is 17.0. The van der Waals surface area contributed by atoms with Gasteiger partial charge in [-0.3, -0.25) is 15.0 Å². The van der Waals surface area contributed by atoms with Crippen molar-refractivity contribution in [1.29, 1.82) is 0 Å². The topological polar surface area (TPSA) is 53.6 Å². The molecule has 26 heavy (non-hydrogen) atoms. The minimum Gasteiger partial charge on any atom is -0.379 e. The monoisotopic (exact) mass is 411 g/mol. The second-order valence-corrected chi connectivity index (χ2v) is 6.42. The van der Waals surface area contributed by atoms with E-state index in [1.165, 1.54) is 5.56 Å². The third-order valence-electron chi connectivity index (χ3n) is 4.39. The molecular weight excluding hydrogens is 387 g/mol. The summed E-state index contributed by atoms with van der Waals surface area (Å²) in [6, 6.07) is 7.18. The molecule has 0 spiro atoms. The number of amides is 1. The van der Waals surface area contributed by atoms with E-state index in [4.69, 9.17) is 4.74 Å². The van der Waals surface area contributed by atoms with Gasteiger partial charge in [0.15, 0.2) is 0 Å². The van der Waals surface area contributed by atoms with Gasteiger partial charge in [0.1, 0.15) is 0 Å². The van der Waals surface area contributed by atoms with Gasteiger partial charge in [-0.1, -0.05) is 24.3 Å². The van der Waals surface area contributed by atoms with Gasteiger partial charge in [0.05, 0.1) is 25.8 Å². The lowest BCUT2D eigenvalue weighted by molar-refractivity contribution is -0.123. The van der Waals surface area contributed by atoms with Crippen LogP contribution < -0.4 is 10.6 Å². The molecule has 2 fully saturated rings. The van der Waals surface area contributed by atoms with Crippen molar-refractivity contribution in [3.8, 4) is 0 Å². The number of nitrogens with zero attached hydrogens (tertiary/aromatic N) is 1. The molecule has 5 nitrogen and oxygen atoms in total. The normalized spacial score (nSPS) is 22.2. The highest BCUT2D eigenvalue weighted by molar-refractivity contribution is 5.85. The highest BCUT2D eigenvalue weighted by atomic mass is 35.5. The molecule has 1 atom stereocenters. The number of hydrogen-bond donors (Lipinski definition) is 2. The molecule has 148 valence electrons. The van der Waals surface area contributed by atoms with Crippen LogP contribution in [0.4, 0.5) is 8.78 Å². The van der Waals surface area contributed by atoms with Crippen molar-refractivity contribution >= 4 is 30.7 Å². The van der Waals surface area contributed by atoms with Gasteiger partial charge >= 0.3 is 0 Å². The zero-order valence-electron chi connectivity index (χ0n) is 14.4. The van der Waals surface area contributed by atoms with Crippen molar-refractivity contribution in [1.82, 2.24) is 15.5 Å². The number of halogens is 4. The number of ether oxygens (including phenoxy) is 1. The Bertz CT molecular complexity index is 587. The SMILES string of the molecule is Cl.Cl.O=C(NCc1cccc(CN2CCOCC2)c1)C1CC(F)(F)CN1. The van der Waals surface area contributed by atoms with E-state index in [1.54, 1.807) is 0 Å². The Kier molecular flexibility index (Phi) is 9.19. The predicted molar refractivity (Wildman–Crippen MR) is 100 cm³/mol. The van der Waals surface area contributed by atoms with Gasteiger partial charge in [-0.15, -0.1) is 24.8 Å². The average molecular weight is 412 g/mol. The van der Waals surface area contributed by atoms with E-state index in [1.807, 2.05) is 18.2 Å². The fourth-order valence-electron chi connectivity index (χ4n) is 3.07. The Morgan fingerprint density at radius 3 is 2.62 bits per heavy atom. The lowest BCUT2D eigenvalue weighted by Gasteiger charge is -2.26. The summed E-state index contributed by atoms with van der Waals surface area (Å²) < 4.78 is 31.6. The largest absolute Gasteiger partial charge is 0.379 e. The van der Waals surface area contributed by atoms with Crippen molar-refractivity contribution in [3.05, 3.63) is 35.4 Å². The van der Waals surface area contributed by atoms with E-state index in [2.05, 4.69) is 21.6 Å². The number of carbonyl (C=O) groups is 1. The summed E-state index contributed by atoms with van der Waals surface area (Å²) >= 11 is 0. The van der Waals surface area contributed by atoms with Crippen molar-refractivity contribution in [2.75, 3.05) is 32.8 Å². The van der Waals surface area contributed by atoms with E-state index < -0.39 is 24.9 Å². The van der Waals surface area contributed by atoms with Crippen molar-refractivity contribution in [3.63, 3.8) is 0 Å². The fraction of sp³-hybridized carbons (Fsp3) is 0.588. The highest BCUT2D eigenvalue weighted by Gasteiger charge is 2.42. The molecule has 1 aromatic carbocycles. The van der Waals surface area contributed by atoms with Gasteiger partial charge in [0, 0.05) is 32.6 Å². The van der Waals surface area contributed by atoms with Gasteiger partial charge < -0.3 is 10.1 Å². The lowest BCUT2D eigenvalue weighted by Crippen LogP contribution is -2.40. The molecule has 0 radical (unpaired) electrons. The lowest BCUT2D eigenvalue weighted by atomic mass is 10.1. The summed E-state index contributed by atoms with van der Waals surface area (Å²) in [5, 5.41) is 5.31. The molecule has 2 aliphatic rings. The number of hydrogen-bond acceptors (Lipinski definition) is 4. The van der Waals surface area contributed by atoms with Crippen LogP contribution in [0.25, 0.3) is 0 Å². The van der Waals surface area contributed by atoms with Crippen LogP contribution in [0.5, 0.6) is 0 Å². The summed E-state index contributed by atoms with van der Waals surface area (Å²) in [5.41, 5.74) is 2.15.